The third-order valence-corrected chi connectivity index (χ3v) is 2.45. The molecule has 2 heteroatoms. The smallest absolute Gasteiger partial charge is 0.129 e. The van der Waals surface area contributed by atoms with Gasteiger partial charge in [0.2, 0.25) is 0 Å². The normalized spacial score (nSPS) is 12.1. The molecule has 0 aliphatic rings. The van der Waals surface area contributed by atoms with E-state index in [2.05, 4.69) is 33.0 Å². The molecule has 90 valence electrons. The van der Waals surface area contributed by atoms with Crippen molar-refractivity contribution >= 4 is 5.78 Å². The van der Waals surface area contributed by atoms with Crippen LogP contribution in [0.3, 0.4) is 0 Å². The summed E-state index contributed by atoms with van der Waals surface area (Å²) < 4.78 is 0. The second-order valence-corrected chi connectivity index (χ2v) is 5.74. The maximum absolute atomic E-state index is 10.7. The number of Topliss-reactive ketones (excluding diaryl/α,β-unsaturated/α-hetero) is 1. The molecule has 0 aromatic rings. The van der Waals surface area contributed by atoms with Crippen LogP contribution < -0.4 is 5.32 Å². The average Bonchev–Trinajstić information content (AvgIpc) is 1.99. The molecular formula is C13H27NO. The second kappa shape index (κ2) is 7.00. The van der Waals surface area contributed by atoms with Crippen molar-refractivity contribution in [2.24, 2.45) is 11.3 Å². The van der Waals surface area contributed by atoms with Crippen LogP contribution in [0.5, 0.6) is 0 Å². The van der Waals surface area contributed by atoms with Crippen molar-refractivity contribution in [1.82, 2.24) is 5.32 Å². The molecular weight excluding hydrogens is 186 g/mol. The summed E-state index contributed by atoms with van der Waals surface area (Å²) in [7, 11) is 0. The summed E-state index contributed by atoms with van der Waals surface area (Å²) in [6, 6.07) is 0. The van der Waals surface area contributed by atoms with E-state index in [9.17, 15) is 4.79 Å². The van der Waals surface area contributed by atoms with Gasteiger partial charge in [0.25, 0.3) is 0 Å². The quantitative estimate of drug-likeness (QED) is 0.628. The lowest BCUT2D eigenvalue weighted by molar-refractivity contribution is -0.117. The van der Waals surface area contributed by atoms with Gasteiger partial charge in [-0.3, -0.25) is 0 Å². The van der Waals surface area contributed by atoms with Crippen LogP contribution in [0.25, 0.3) is 0 Å². The Morgan fingerprint density at radius 3 is 2.40 bits per heavy atom. The van der Waals surface area contributed by atoms with Crippen LogP contribution in [0, 0.1) is 11.3 Å². The first-order chi connectivity index (χ1) is 6.83. The standard InChI is InChI=1S/C13H27NO/c1-11(2)9-13(4,5)10-14-8-6-7-12(3)15/h11,14H,6-10H2,1-5H3. The van der Waals surface area contributed by atoms with E-state index in [1.54, 1.807) is 6.92 Å². The van der Waals surface area contributed by atoms with E-state index in [-0.39, 0.29) is 0 Å². The predicted octanol–water partition coefficient (Wildman–Crippen LogP) is 3.02. The molecule has 0 bridgehead atoms. The van der Waals surface area contributed by atoms with Crippen molar-refractivity contribution in [3.63, 3.8) is 0 Å². The minimum Gasteiger partial charge on any atom is -0.316 e. The highest BCUT2D eigenvalue weighted by atomic mass is 16.1. The van der Waals surface area contributed by atoms with Crippen LogP contribution in [0.2, 0.25) is 0 Å². The van der Waals surface area contributed by atoms with E-state index in [4.69, 9.17) is 0 Å². The van der Waals surface area contributed by atoms with Crippen molar-refractivity contribution < 1.29 is 4.79 Å². The minimum absolute atomic E-state index is 0.290. The fourth-order valence-corrected chi connectivity index (χ4v) is 2.07. The van der Waals surface area contributed by atoms with E-state index in [0.717, 1.165) is 25.4 Å². The molecule has 0 aliphatic carbocycles. The zero-order chi connectivity index (χ0) is 11.9. The first-order valence-corrected chi connectivity index (χ1v) is 6.03. The predicted molar refractivity (Wildman–Crippen MR) is 66.0 cm³/mol. The number of ketones is 1. The van der Waals surface area contributed by atoms with E-state index < -0.39 is 0 Å². The maximum Gasteiger partial charge on any atom is 0.129 e. The Bertz CT molecular complexity index is 185. The molecule has 0 heterocycles. The summed E-state index contributed by atoms with van der Waals surface area (Å²) >= 11 is 0. The zero-order valence-corrected chi connectivity index (χ0v) is 11.0. The molecule has 0 aromatic heterocycles. The molecule has 0 aliphatic heterocycles. The maximum atomic E-state index is 10.7. The third kappa shape index (κ3) is 9.92. The van der Waals surface area contributed by atoms with Gasteiger partial charge in [0.15, 0.2) is 0 Å². The second-order valence-electron chi connectivity index (χ2n) is 5.74. The third-order valence-electron chi connectivity index (χ3n) is 2.45. The Morgan fingerprint density at radius 2 is 1.93 bits per heavy atom. The molecule has 0 saturated carbocycles. The zero-order valence-electron chi connectivity index (χ0n) is 11.0. The molecule has 0 aromatic carbocycles. The lowest BCUT2D eigenvalue weighted by Gasteiger charge is -2.27. The average molecular weight is 213 g/mol. The molecule has 0 amide bonds. The number of hydrogen-bond acceptors (Lipinski definition) is 2. The van der Waals surface area contributed by atoms with Crippen molar-refractivity contribution in [3.05, 3.63) is 0 Å². The molecule has 1 N–H and O–H groups in total. The van der Waals surface area contributed by atoms with Crippen molar-refractivity contribution in [3.8, 4) is 0 Å². The van der Waals surface area contributed by atoms with Crippen molar-refractivity contribution in [1.29, 1.82) is 0 Å². The highest BCUT2D eigenvalue weighted by Crippen LogP contribution is 2.23. The topological polar surface area (TPSA) is 29.1 Å². The summed E-state index contributed by atoms with van der Waals surface area (Å²) in [6.45, 7) is 12.8. The molecule has 2 nitrogen and oxygen atoms in total. The van der Waals surface area contributed by atoms with Crippen LogP contribution in [-0.2, 0) is 4.79 Å². The fraction of sp³-hybridized carbons (Fsp3) is 0.923. The monoisotopic (exact) mass is 213 g/mol. The summed E-state index contributed by atoms with van der Waals surface area (Å²) in [6.07, 6.45) is 2.91. The molecule has 0 radical (unpaired) electrons. The SMILES string of the molecule is CC(=O)CCCNCC(C)(C)CC(C)C. The number of hydrogen-bond donors (Lipinski definition) is 1. The molecule has 15 heavy (non-hydrogen) atoms. The lowest BCUT2D eigenvalue weighted by atomic mass is 9.84. The highest BCUT2D eigenvalue weighted by molar-refractivity contribution is 5.75. The van der Waals surface area contributed by atoms with Gasteiger partial charge >= 0.3 is 0 Å². The van der Waals surface area contributed by atoms with Crippen LogP contribution >= 0.6 is 0 Å². The van der Waals surface area contributed by atoms with E-state index in [0.29, 0.717) is 17.6 Å². The minimum atomic E-state index is 0.290. The van der Waals surface area contributed by atoms with Gasteiger partial charge < -0.3 is 10.1 Å². The number of carbonyl (C=O) groups is 1. The Kier molecular flexibility index (Phi) is 6.82. The molecule has 0 unspecified atom stereocenters. The number of rotatable bonds is 8. The molecule has 0 spiro atoms. The largest absolute Gasteiger partial charge is 0.316 e. The summed E-state index contributed by atoms with van der Waals surface area (Å²) in [4.78, 5) is 10.7. The molecule has 0 rings (SSSR count). The molecule has 0 atom stereocenters. The lowest BCUT2D eigenvalue weighted by Crippen LogP contribution is -2.31. The summed E-state index contributed by atoms with van der Waals surface area (Å²) in [5.41, 5.74) is 0.365. The van der Waals surface area contributed by atoms with E-state index >= 15 is 0 Å². The van der Waals surface area contributed by atoms with Gasteiger partial charge in [-0.1, -0.05) is 27.7 Å². The van der Waals surface area contributed by atoms with E-state index in [1.807, 2.05) is 0 Å². The van der Waals surface area contributed by atoms with Gasteiger partial charge in [-0.2, -0.15) is 0 Å². The van der Waals surface area contributed by atoms with Gasteiger partial charge in [-0.15, -0.1) is 0 Å². The summed E-state index contributed by atoms with van der Waals surface area (Å²) in [5, 5.41) is 3.43. The van der Waals surface area contributed by atoms with Crippen LogP contribution in [0.1, 0.15) is 53.9 Å². The Balaban J connectivity index is 3.52. The van der Waals surface area contributed by atoms with Crippen molar-refractivity contribution in [2.75, 3.05) is 13.1 Å². The van der Waals surface area contributed by atoms with Gasteiger partial charge in [0.1, 0.15) is 5.78 Å². The first kappa shape index (κ1) is 14.6. The van der Waals surface area contributed by atoms with Gasteiger partial charge in [0.05, 0.1) is 0 Å². The number of carbonyl (C=O) groups excluding carboxylic acids is 1. The summed E-state index contributed by atoms with van der Waals surface area (Å²) in [5.74, 6) is 1.04. The Hall–Kier alpha value is -0.370. The van der Waals surface area contributed by atoms with E-state index in [1.165, 1.54) is 6.42 Å². The van der Waals surface area contributed by atoms with Gasteiger partial charge in [-0.05, 0) is 37.6 Å². The Labute approximate surface area is 94.8 Å². The van der Waals surface area contributed by atoms with Gasteiger partial charge in [-0.25, -0.2) is 0 Å². The van der Waals surface area contributed by atoms with Crippen molar-refractivity contribution in [2.45, 2.75) is 53.9 Å². The van der Waals surface area contributed by atoms with Crippen LogP contribution in [0.15, 0.2) is 0 Å². The Morgan fingerprint density at radius 1 is 1.33 bits per heavy atom. The fourth-order valence-electron chi connectivity index (χ4n) is 2.07. The first-order valence-electron chi connectivity index (χ1n) is 6.03. The van der Waals surface area contributed by atoms with Crippen LogP contribution in [-0.4, -0.2) is 18.9 Å². The number of nitrogens with one attached hydrogen (secondary N) is 1. The molecule has 0 saturated heterocycles. The van der Waals surface area contributed by atoms with Gasteiger partial charge in [0, 0.05) is 13.0 Å². The highest BCUT2D eigenvalue weighted by Gasteiger charge is 2.18. The molecule has 0 fully saturated rings. The van der Waals surface area contributed by atoms with Crippen LogP contribution in [0.4, 0.5) is 0 Å².